The van der Waals surface area contributed by atoms with Crippen molar-refractivity contribution >= 4 is 45.2 Å². The van der Waals surface area contributed by atoms with Crippen molar-refractivity contribution in [3.8, 4) is 5.82 Å². The Hall–Kier alpha value is -2.68. The van der Waals surface area contributed by atoms with E-state index in [1.54, 1.807) is 6.21 Å². The first-order chi connectivity index (χ1) is 14.1. The van der Waals surface area contributed by atoms with Crippen LogP contribution in [0.1, 0.15) is 21.1 Å². The molecule has 1 saturated heterocycles. The van der Waals surface area contributed by atoms with Crippen LogP contribution in [0.4, 0.5) is 5.82 Å². The van der Waals surface area contributed by atoms with Gasteiger partial charge in [-0.3, -0.25) is 9.69 Å². The van der Waals surface area contributed by atoms with Crippen molar-refractivity contribution in [1.82, 2.24) is 35.6 Å². The molecule has 152 valence electrons. The maximum atomic E-state index is 12.7. The molecule has 0 unspecified atom stereocenters. The van der Waals surface area contributed by atoms with E-state index in [1.807, 2.05) is 12.1 Å². The molecule has 12 nitrogen and oxygen atoms in total. The van der Waals surface area contributed by atoms with E-state index in [4.69, 9.17) is 10.5 Å². The van der Waals surface area contributed by atoms with Gasteiger partial charge in [-0.1, -0.05) is 5.21 Å². The van der Waals surface area contributed by atoms with Crippen LogP contribution < -0.4 is 11.2 Å². The van der Waals surface area contributed by atoms with E-state index in [0.717, 1.165) is 8.66 Å². The maximum absolute atomic E-state index is 12.7. The van der Waals surface area contributed by atoms with Crippen molar-refractivity contribution in [2.45, 2.75) is 6.54 Å². The molecule has 0 saturated carbocycles. The third-order valence-corrected chi connectivity index (χ3v) is 5.66. The highest BCUT2D eigenvalue weighted by Gasteiger charge is 2.26. The molecule has 3 aromatic heterocycles. The lowest BCUT2D eigenvalue weighted by Gasteiger charge is -2.26. The van der Waals surface area contributed by atoms with E-state index < -0.39 is 5.91 Å². The summed E-state index contributed by atoms with van der Waals surface area (Å²) in [7, 11) is 0. The number of nitrogens with one attached hydrogen (secondary N) is 1. The molecule has 1 fully saturated rings. The lowest BCUT2D eigenvalue weighted by Crippen LogP contribution is -2.37. The lowest BCUT2D eigenvalue weighted by atomic mass is 10.2. The highest BCUT2D eigenvalue weighted by Crippen LogP contribution is 2.20. The fraction of sp³-hybridized carbons (Fsp3) is 0.333. The number of nitrogens with two attached hydrogens (primary N) is 1. The first kappa shape index (κ1) is 19.6. The number of morpholine rings is 1. The Balaban J connectivity index is 1.57. The number of halogens is 1. The van der Waals surface area contributed by atoms with E-state index in [1.165, 1.54) is 16.0 Å². The summed E-state index contributed by atoms with van der Waals surface area (Å²) < 4.78 is 12.4. The minimum atomic E-state index is -0.499. The molecule has 0 atom stereocenters. The molecule has 3 aromatic rings. The van der Waals surface area contributed by atoms with E-state index >= 15 is 0 Å². The molecule has 14 heteroatoms. The topological polar surface area (TPSA) is 150 Å². The summed E-state index contributed by atoms with van der Waals surface area (Å²) in [6.45, 7) is 3.04. The number of hydrogen-bond donors (Lipinski definition) is 2. The van der Waals surface area contributed by atoms with Crippen LogP contribution in [0.2, 0.25) is 0 Å². The van der Waals surface area contributed by atoms with Crippen LogP contribution in [0.15, 0.2) is 25.6 Å². The van der Waals surface area contributed by atoms with Gasteiger partial charge in [0, 0.05) is 24.5 Å². The third kappa shape index (κ3) is 4.50. The van der Waals surface area contributed by atoms with E-state index in [2.05, 4.69) is 56.6 Å². The van der Waals surface area contributed by atoms with Crippen LogP contribution in [-0.2, 0) is 11.3 Å². The van der Waals surface area contributed by atoms with Crippen LogP contribution in [0.5, 0.6) is 0 Å². The van der Waals surface area contributed by atoms with Crippen molar-refractivity contribution in [2.75, 3.05) is 32.0 Å². The summed E-state index contributed by atoms with van der Waals surface area (Å²) in [5.41, 5.74) is 8.89. The molecule has 29 heavy (non-hydrogen) atoms. The van der Waals surface area contributed by atoms with Gasteiger partial charge in [0.15, 0.2) is 5.69 Å². The molecule has 0 bridgehead atoms. The molecule has 0 aromatic carbocycles. The zero-order chi connectivity index (χ0) is 20.2. The van der Waals surface area contributed by atoms with Crippen molar-refractivity contribution in [2.24, 2.45) is 5.10 Å². The molecule has 0 aliphatic carbocycles. The normalized spacial score (nSPS) is 15.2. The van der Waals surface area contributed by atoms with Gasteiger partial charge in [-0.15, -0.1) is 16.4 Å². The number of hydrogen-bond acceptors (Lipinski definition) is 11. The quantitative estimate of drug-likeness (QED) is 0.381. The average Bonchev–Trinajstić information content (AvgIpc) is 3.43. The van der Waals surface area contributed by atoms with Crippen LogP contribution >= 0.6 is 27.3 Å². The number of nitrogen functional groups attached to an aromatic ring is 1. The SMILES string of the molecule is Nc1nonc1-n1nnc(C(=O)N/N=C/c2ccc(Br)s2)c1CN1CCOCC1. The number of amides is 1. The van der Waals surface area contributed by atoms with Crippen molar-refractivity contribution in [3.63, 3.8) is 0 Å². The van der Waals surface area contributed by atoms with Crippen LogP contribution in [0.25, 0.3) is 5.82 Å². The first-order valence-corrected chi connectivity index (χ1v) is 10.1. The number of carbonyl (C=O) groups is 1. The molecular weight excluding hydrogens is 466 g/mol. The van der Waals surface area contributed by atoms with E-state index in [0.29, 0.717) is 38.5 Å². The first-order valence-electron chi connectivity index (χ1n) is 8.53. The predicted octanol–water partition coefficient (Wildman–Crippen LogP) is 0.653. The number of thiophene rings is 1. The number of anilines is 1. The van der Waals surface area contributed by atoms with Crippen molar-refractivity contribution in [3.05, 3.63) is 32.2 Å². The van der Waals surface area contributed by atoms with Crippen LogP contribution in [-0.4, -0.2) is 68.6 Å². The Morgan fingerprint density at radius 2 is 2.21 bits per heavy atom. The second-order valence-electron chi connectivity index (χ2n) is 6.00. The number of carbonyl (C=O) groups excluding carboxylic acids is 1. The van der Waals surface area contributed by atoms with Gasteiger partial charge in [-0.2, -0.15) is 9.78 Å². The van der Waals surface area contributed by atoms with Gasteiger partial charge in [0.2, 0.25) is 11.6 Å². The maximum Gasteiger partial charge on any atom is 0.293 e. The fourth-order valence-corrected chi connectivity index (χ4v) is 4.00. The molecule has 3 N–H and O–H groups in total. The van der Waals surface area contributed by atoms with Gasteiger partial charge >= 0.3 is 0 Å². The summed E-state index contributed by atoms with van der Waals surface area (Å²) in [4.78, 5) is 15.7. The molecule has 0 radical (unpaired) electrons. The van der Waals surface area contributed by atoms with Crippen LogP contribution in [0, 0.1) is 0 Å². The minimum Gasteiger partial charge on any atom is -0.379 e. The van der Waals surface area contributed by atoms with Crippen LogP contribution in [0.3, 0.4) is 0 Å². The van der Waals surface area contributed by atoms with Gasteiger partial charge in [0.05, 0.1) is 28.9 Å². The van der Waals surface area contributed by atoms with E-state index in [9.17, 15) is 4.79 Å². The van der Waals surface area contributed by atoms with Crippen molar-refractivity contribution in [1.29, 1.82) is 0 Å². The van der Waals surface area contributed by atoms with Crippen molar-refractivity contribution < 1.29 is 14.2 Å². The summed E-state index contributed by atoms with van der Waals surface area (Å²) in [6, 6.07) is 3.78. The zero-order valence-corrected chi connectivity index (χ0v) is 17.4. The number of aromatic nitrogens is 5. The highest BCUT2D eigenvalue weighted by molar-refractivity contribution is 9.11. The monoisotopic (exact) mass is 481 g/mol. The standard InChI is InChI=1S/C15H16BrN9O3S/c16-11-2-1-9(29-11)7-18-20-15(26)12-10(8-24-3-5-27-6-4-24)25(23-19-12)14-13(17)21-28-22-14/h1-2,7H,3-6,8H2,(H2,17,21)(H,20,26)/b18-7+. The molecule has 4 rings (SSSR count). The average molecular weight is 482 g/mol. The fourth-order valence-electron chi connectivity index (χ4n) is 2.70. The Morgan fingerprint density at radius 1 is 1.38 bits per heavy atom. The Labute approximate surface area is 176 Å². The second-order valence-corrected chi connectivity index (χ2v) is 8.49. The number of nitrogens with zero attached hydrogens (tertiary/aromatic N) is 7. The van der Waals surface area contributed by atoms with E-state index in [-0.39, 0.29) is 17.3 Å². The Kier molecular flexibility index (Phi) is 5.94. The molecule has 0 spiro atoms. The summed E-state index contributed by atoms with van der Waals surface area (Å²) in [6.07, 6.45) is 1.55. The number of hydrazone groups is 1. The van der Waals surface area contributed by atoms with Gasteiger partial charge in [-0.25, -0.2) is 10.1 Å². The van der Waals surface area contributed by atoms with Gasteiger partial charge < -0.3 is 10.5 Å². The Bertz CT molecular complexity index is 1020. The number of rotatable bonds is 6. The second kappa shape index (κ2) is 8.77. The molecular formula is C15H16BrN9O3S. The summed E-state index contributed by atoms with van der Waals surface area (Å²) in [5.74, 6) is -0.278. The molecule has 1 aliphatic rings. The smallest absolute Gasteiger partial charge is 0.293 e. The van der Waals surface area contributed by atoms with Gasteiger partial charge in [0.25, 0.3) is 5.91 Å². The Morgan fingerprint density at radius 3 is 2.90 bits per heavy atom. The summed E-state index contributed by atoms with van der Waals surface area (Å²) in [5, 5.41) is 19.3. The largest absolute Gasteiger partial charge is 0.379 e. The molecule has 1 aliphatic heterocycles. The van der Waals surface area contributed by atoms with Gasteiger partial charge in [-0.05, 0) is 38.4 Å². The zero-order valence-electron chi connectivity index (χ0n) is 15.0. The predicted molar refractivity (Wildman–Crippen MR) is 107 cm³/mol. The number of ether oxygens (including phenoxy) is 1. The third-order valence-electron chi connectivity index (χ3n) is 4.10. The molecule has 1 amide bonds. The minimum absolute atomic E-state index is 0.0476. The molecule has 4 heterocycles. The lowest BCUT2D eigenvalue weighted by molar-refractivity contribution is 0.0332. The summed E-state index contributed by atoms with van der Waals surface area (Å²) >= 11 is 4.87. The highest BCUT2D eigenvalue weighted by atomic mass is 79.9. The van der Waals surface area contributed by atoms with Gasteiger partial charge in [0.1, 0.15) is 0 Å².